The number of nitrogens with one attached hydrogen (secondary N) is 3. The molecule has 72 heavy (non-hydrogen) atoms. The van der Waals surface area contributed by atoms with E-state index in [4.69, 9.17) is 12.2 Å². The number of nitriles is 1. The van der Waals surface area contributed by atoms with Crippen LogP contribution in [0.25, 0.3) is 10.4 Å². The van der Waals surface area contributed by atoms with Gasteiger partial charge in [-0.05, 0) is 98.8 Å². The topological polar surface area (TPSA) is 188 Å². The molecular weight excluding hydrogens is 973 g/mol. The number of aliphatic hydroxyl groups excluding tert-OH is 1. The maximum atomic E-state index is 15.5. The van der Waals surface area contributed by atoms with E-state index in [1.807, 2.05) is 52.0 Å². The van der Waals surface area contributed by atoms with Gasteiger partial charge in [0.05, 0.1) is 50.6 Å². The molecule has 5 amide bonds. The Balaban J connectivity index is 0.894. The summed E-state index contributed by atoms with van der Waals surface area (Å²) in [4.78, 5) is 76.1. The third-order valence-electron chi connectivity index (χ3n) is 12.9. The number of hydrogen-bond acceptors (Lipinski definition) is 10. The maximum Gasteiger partial charge on any atom is 0.417 e. The van der Waals surface area contributed by atoms with Crippen LogP contribution in [0.5, 0.6) is 0 Å². The van der Waals surface area contributed by atoms with Gasteiger partial charge in [0.25, 0.3) is 11.8 Å². The van der Waals surface area contributed by atoms with Crippen molar-refractivity contribution < 1.29 is 46.6 Å². The van der Waals surface area contributed by atoms with Crippen LogP contribution < -0.4 is 25.8 Å². The summed E-state index contributed by atoms with van der Waals surface area (Å²) < 4.78 is 56.7. The molecule has 384 valence electrons. The third-order valence-corrected chi connectivity index (χ3v) is 14.2. The number of nitrogens with zero attached hydrogens (tertiary/aromatic N) is 5. The van der Waals surface area contributed by atoms with E-state index in [0.717, 1.165) is 70.8 Å². The largest absolute Gasteiger partial charge is 0.417 e. The van der Waals surface area contributed by atoms with Crippen molar-refractivity contribution in [2.45, 2.75) is 136 Å². The summed E-state index contributed by atoms with van der Waals surface area (Å²) in [6.07, 6.45) is -0.0384. The molecule has 2 saturated heterocycles. The van der Waals surface area contributed by atoms with Gasteiger partial charge in [0.1, 0.15) is 23.4 Å². The average Bonchev–Trinajstić information content (AvgIpc) is 3.99. The smallest absolute Gasteiger partial charge is 0.391 e. The highest BCUT2D eigenvalue weighted by Crippen LogP contribution is 2.40. The van der Waals surface area contributed by atoms with E-state index in [-0.39, 0.29) is 66.3 Å². The number of thiocarbonyl (C=S) groups is 1. The van der Waals surface area contributed by atoms with Crippen molar-refractivity contribution >= 4 is 69.6 Å². The molecule has 2 fully saturated rings. The first kappa shape index (κ1) is 55.0. The highest BCUT2D eigenvalue weighted by atomic mass is 32.1. The van der Waals surface area contributed by atoms with Gasteiger partial charge in [-0.2, -0.15) is 18.4 Å². The average molecular weight is 1030 g/mol. The Bertz CT molecular complexity index is 2720. The highest BCUT2D eigenvalue weighted by Gasteiger charge is 2.51. The van der Waals surface area contributed by atoms with Gasteiger partial charge in [-0.25, -0.2) is 9.37 Å². The van der Waals surface area contributed by atoms with Gasteiger partial charge >= 0.3 is 6.18 Å². The Labute approximate surface area is 426 Å². The SMILES string of the molecule is Cc1ncsc1-c1ccc(CNC(=O)[C@@H]2C[C@@H](O)CN2C(=O)[C@@H](NC(=O)CCCCCCCCCNC(=O)c2ccc(N3C(=S)N(c4ccc(C#N)c(C(F)(F)F)c4)C(=O)C3(C)C)cc2F)C(C)(C)C)cc1. The molecule has 6 rings (SSSR count). The number of halogens is 4. The molecule has 14 nitrogen and oxygen atoms in total. The van der Waals surface area contributed by atoms with Gasteiger partial charge in [0, 0.05) is 38.2 Å². The Morgan fingerprint density at radius 2 is 1.60 bits per heavy atom. The lowest BCUT2D eigenvalue weighted by atomic mass is 9.85. The second kappa shape index (κ2) is 23.1. The maximum absolute atomic E-state index is 15.5. The number of rotatable bonds is 19. The first-order valence-corrected chi connectivity index (χ1v) is 25.2. The Kier molecular flexibility index (Phi) is 17.6. The number of likely N-dealkylation sites (tertiary alicyclic amines) is 1. The number of carbonyl (C=O) groups is 5. The van der Waals surface area contributed by atoms with Gasteiger partial charge in [-0.15, -0.1) is 11.3 Å². The lowest BCUT2D eigenvalue weighted by Crippen LogP contribution is -2.57. The normalized spacial score (nSPS) is 17.2. The zero-order chi connectivity index (χ0) is 52.7. The fraction of sp³-hybridized carbons (Fsp3) is 0.462. The van der Waals surface area contributed by atoms with Gasteiger partial charge in [0.15, 0.2) is 5.11 Å². The molecule has 0 aliphatic carbocycles. The molecule has 2 aliphatic heterocycles. The molecule has 20 heteroatoms. The van der Waals surface area contributed by atoms with E-state index in [1.165, 1.54) is 47.9 Å². The summed E-state index contributed by atoms with van der Waals surface area (Å²) in [7, 11) is 0. The molecule has 3 aromatic carbocycles. The van der Waals surface area contributed by atoms with E-state index >= 15 is 4.39 Å². The summed E-state index contributed by atoms with van der Waals surface area (Å²) in [5.74, 6) is -3.29. The summed E-state index contributed by atoms with van der Waals surface area (Å²) in [5.41, 5.74) is 0.341. The number of aliphatic hydroxyl groups is 1. The molecule has 3 atom stereocenters. The Morgan fingerprint density at radius 3 is 2.21 bits per heavy atom. The number of β-amino-alcohol motifs (C(OH)–C–C–N with tert-alkyl or cyclic N) is 1. The van der Waals surface area contributed by atoms with E-state index in [1.54, 1.807) is 16.8 Å². The summed E-state index contributed by atoms with van der Waals surface area (Å²) in [6, 6.07) is 14.0. The van der Waals surface area contributed by atoms with Crippen LogP contribution in [-0.4, -0.2) is 86.5 Å². The number of thiazole rings is 1. The van der Waals surface area contributed by atoms with E-state index in [0.29, 0.717) is 18.9 Å². The van der Waals surface area contributed by atoms with Crippen LogP contribution in [0.15, 0.2) is 66.2 Å². The van der Waals surface area contributed by atoms with Gasteiger partial charge in [-0.3, -0.25) is 28.9 Å². The second-order valence-corrected chi connectivity index (χ2v) is 21.0. The summed E-state index contributed by atoms with van der Waals surface area (Å²) in [6.45, 7) is 11.0. The summed E-state index contributed by atoms with van der Waals surface area (Å²) in [5, 5.41) is 28.1. The number of hydrogen-bond donors (Lipinski definition) is 4. The monoisotopic (exact) mass is 1030 g/mol. The summed E-state index contributed by atoms with van der Waals surface area (Å²) >= 11 is 7.09. The molecule has 0 radical (unpaired) electrons. The number of carbonyl (C=O) groups excluding carboxylic acids is 5. The number of aromatic nitrogens is 1. The molecular formula is C52H60F4N8O6S2. The predicted octanol–water partition coefficient (Wildman–Crippen LogP) is 8.72. The van der Waals surface area contributed by atoms with Crippen LogP contribution >= 0.6 is 23.6 Å². The minimum Gasteiger partial charge on any atom is -0.391 e. The van der Waals surface area contributed by atoms with E-state index in [2.05, 4.69) is 20.9 Å². The first-order chi connectivity index (χ1) is 33.9. The van der Waals surface area contributed by atoms with Gasteiger partial charge < -0.3 is 30.9 Å². The van der Waals surface area contributed by atoms with Crippen molar-refractivity contribution in [2.24, 2.45) is 5.41 Å². The minimum atomic E-state index is -4.87. The molecule has 2 aliphatic rings. The fourth-order valence-electron chi connectivity index (χ4n) is 8.89. The lowest BCUT2D eigenvalue weighted by Gasteiger charge is -2.35. The Hall–Kier alpha value is -6.30. The van der Waals surface area contributed by atoms with Crippen LogP contribution in [0.1, 0.15) is 125 Å². The number of amides is 5. The zero-order valence-corrected chi connectivity index (χ0v) is 42.8. The number of aryl methyl sites for hydroxylation is 1. The molecule has 0 unspecified atom stereocenters. The van der Waals surface area contributed by atoms with Crippen LogP contribution in [0.4, 0.5) is 28.9 Å². The van der Waals surface area contributed by atoms with Crippen LogP contribution in [-0.2, 0) is 31.9 Å². The van der Waals surface area contributed by atoms with Crippen molar-refractivity contribution in [1.29, 1.82) is 5.26 Å². The van der Waals surface area contributed by atoms with Crippen molar-refractivity contribution in [3.8, 4) is 16.5 Å². The van der Waals surface area contributed by atoms with Crippen molar-refractivity contribution in [2.75, 3.05) is 22.9 Å². The van der Waals surface area contributed by atoms with E-state index in [9.17, 15) is 47.5 Å². The van der Waals surface area contributed by atoms with Gasteiger partial charge in [0.2, 0.25) is 17.7 Å². The van der Waals surface area contributed by atoms with Crippen molar-refractivity contribution in [3.63, 3.8) is 0 Å². The molecule has 0 saturated carbocycles. The molecule has 0 spiro atoms. The van der Waals surface area contributed by atoms with Crippen LogP contribution in [0.2, 0.25) is 0 Å². The molecule has 4 aromatic rings. The number of alkyl halides is 3. The third kappa shape index (κ3) is 12.8. The minimum absolute atomic E-state index is 0.0195. The van der Waals surface area contributed by atoms with Crippen LogP contribution in [0, 0.1) is 29.5 Å². The number of unbranched alkanes of at least 4 members (excludes halogenated alkanes) is 6. The number of anilines is 2. The zero-order valence-electron chi connectivity index (χ0n) is 41.1. The molecule has 0 bridgehead atoms. The molecule has 3 heterocycles. The van der Waals surface area contributed by atoms with Crippen LogP contribution in [0.3, 0.4) is 0 Å². The van der Waals surface area contributed by atoms with Crippen molar-refractivity contribution in [3.05, 3.63) is 99.9 Å². The van der Waals surface area contributed by atoms with Gasteiger partial charge in [-0.1, -0.05) is 77.1 Å². The molecule has 4 N–H and O–H groups in total. The van der Waals surface area contributed by atoms with E-state index < -0.39 is 70.0 Å². The lowest BCUT2D eigenvalue weighted by molar-refractivity contribution is -0.144. The predicted molar refractivity (Wildman–Crippen MR) is 270 cm³/mol. The molecule has 1 aromatic heterocycles. The standard InChI is InChI=1S/C52H60F4N8O6S2/c1-31-43(72-30-60-31)33-17-15-32(16-18-33)28-59-46(68)41-26-37(65)29-62(41)47(69)44(50(2,3)4)61-42(66)14-12-10-8-7-9-11-13-23-58-45(67)38-22-21-36(25-40(38)53)64-49(71)63(48(70)51(64,5)6)35-20-19-34(27-57)39(24-35)52(54,55)56/h15-22,24-25,30,37,41,44,65H,7-14,23,26,28-29H2,1-6H3,(H,58,67)(H,59,68)(H,61,66)/t37-,41+,44-/m1/s1. The Morgan fingerprint density at radius 1 is 0.944 bits per heavy atom. The quantitative estimate of drug-likeness (QED) is 0.0402. The second-order valence-electron chi connectivity index (χ2n) is 19.7. The number of benzene rings is 3. The first-order valence-electron chi connectivity index (χ1n) is 23.9. The highest BCUT2D eigenvalue weighted by molar-refractivity contribution is 7.81. The van der Waals surface area contributed by atoms with Crippen molar-refractivity contribution in [1.82, 2.24) is 25.8 Å². The fourth-order valence-corrected chi connectivity index (χ4v) is 10.2.